The third-order valence-electron chi connectivity index (χ3n) is 4.22. The first-order valence-electron chi connectivity index (χ1n) is 7.48. The molecule has 2 aromatic rings. The van der Waals surface area contributed by atoms with Gasteiger partial charge in [0.05, 0.1) is 0 Å². The molecule has 0 saturated carbocycles. The van der Waals surface area contributed by atoms with Crippen molar-refractivity contribution in [2.75, 3.05) is 13.1 Å². The zero-order valence-electron chi connectivity index (χ0n) is 12.6. The van der Waals surface area contributed by atoms with Crippen LogP contribution in [0.4, 0.5) is 4.39 Å². The third-order valence-corrected chi connectivity index (χ3v) is 4.22. The fourth-order valence-electron chi connectivity index (χ4n) is 3.12. The van der Waals surface area contributed by atoms with Crippen LogP contribution in [0.25, 0.3) is 0 Å². The molecule has 22 heavy (non-hydrogen) atoms. The minimum atomic E-state index is -0.198. The Morgan fingerprint density at radius 3 is 2.55 bits per heavy atom. The van der Waals surface area contributed by atoms with Crippen LogP contribution < -0.4 is 5.32 Å². The smallest absolute Gasteiger partial charge is 0.227 e. The summed E-state index contributed by atoms with van der Waals surface area (Å²) >= 11 is 0. The molecule has 0 bridgehead atoms. The molecule has 2 heterocycles. The standard InChI is InChI=1S/C16H20FN3O.ClH/c1-11-19-16(21-20-11)10-15(13-6-8-18-9-7-13)12-2-4-14(17)5-3-12;/h2-5,13,15,18H,6-10H2,1H3;1H. The molecule has 1 aliphatic heterocycles. The van der Waals surface area contributed by atoms with Gasteiger partial charge in [-0.1, -0.05) is 17.3 Å². The van der Waals surface area contributed by atoms with E-state index in [0.717, 1.165) is 37.9 Å². The molecule has 0 radical (unpaired) electrons. The Kier molecular flexibility index (Phi) is 5.91. The summed E-state index contributed by atoms with van der Waals surface area (Å²) < 4.78 is 18.5. The normalized spacial score (nSPS) is 17.0. The molecule has 0 aliphatic carbocycles. The molecule has 1 saturated heterocycles. The van der Waals surface area contributed by atoms with Crippen molar-refractivity contribution in [2.45, 2.75) is 32.1 Å². The van der Waals surface area contributed by atoms with Gasteiger partial charge in [-0.3, -0.25) is 0 Å². The number of benzene rings is 1. The van der Waals surface area contributed by atoms with E-state index in [-0.39, 0.29) is 18.2 Å². The number of hydrogen-bond donors (Lipinski definition) is 1. The highest BCUT2D eigenvalue weighted by molar-refractivity contribution is 5.85. The molecule has 0 amide bonds. The molecule has 120 valence electrons. The average molecular weight is 326 g/mol. The van der Waals surface area contributed by atoms with Crippen LogP contribution >= 0.6 is 12.4 Å². The lowest BCUT2D eigenvalue weighted by Crippen LogP contribution is -2.31. The lowest BCUT2D eigenvalue weighted by Gasteiger charge is -2.30. The highest BCUT2D eigenvalue weighted by Gasteiger charge is 2.27. The number of piperidine rings is 1. The van der Waals surface area contributed by atoms with Gasteiger partial charge in [-0.25, -0.2) is 4.39 Å². The lowest BCUT2D eigenvalue weighted by molar-refractivity contribution is 0.290. The van der Waals surface area contributed by atoms with Gasteiger partial charge >= 0.3 is 0 Å². The Morgan fingerprint density at radius 1 is 1.27 bits per heavy atom. The summed E-state index contributed by atoms with van der Waals surface area (Å²) in [6, 6.07) is 6.82. The molecule has 1 fully saturated rings. The molecule has 1 atom stereocenters. The van der Waals surface area contributed by atoms with Crippen molar-refractivity contribution in [3.8, 4) is 0 Å². The third kappa shape index (κ3) is 4.05. The lowest BCUT2D eigenvalue weighted by atomic mass is 9.78. The van der Waals surface area contributed by atoms with Crippen molar-refractivity contribution < 1.29 is 8.91 Å². The molecule has 1 aromatic carbocycles. The van der Waals surface area contributed by atoms with Crippen molar-refractivity contribution in [1.29, 1.82) is 0 Å². The van der Waals surface area contributed by atoms with Gasteiger partial charge < -0.3 is 9.84 Å². The zero-order valence-corrected chi connectivity index (χ0v) is 13.4. The summed E-state index contributed by atoms with van der Waals surface area (Å²) in [7, 11) is 0. The Balaban J connectivity index is 0.00000176. The first-order chi connectivity index (χ1) is 10.2. The van der Waals surface area contributed by atoms with Crippen LogP contribution in [0.2, 0.25) is 0 Å². The predicted molar refractivity (Wildman–Crippen MR) is 84.7 cm³/mol. The molecule has 4 nitrogen and oxygen atoms in total. The number of rotatable bonds is 4. The Morgan fingerprint density at radius 2 is 1.95 bits per heavy atom. The highest BCUT2D eigenvalue weighted by Crippen LogP contribution is 2.33. The molecule has 1 N–H and O–H groups in total. The summed E-state index contributed by atoms with van der Waals surface area (Å²) in [5.74, 6) is 1.99. The van der Waals surface area contributed by atoms with Gasteiger partial charge in [-0.15, -0.1) is 12.4 Å². The second-order valence-corrected chi connectivity index (χ2v) is 5.68. The van der Waals surface area contributed by atoms with E-state index in [2.05, 4.69) is 15.5 Å². The van der Waals surface area contributed by atoms with E-state index in [1.54, 1.807) is 0 Å². The molecular formula is C16H21ClFN3O. The monoisotopic (exact) mass is 325 g/mol. The van der Waals surface area contributed by atoms with Gasteiger partial charge in [0.25, 0.3) is 0 Å². The summed E-state index contributed by atoms with van der Waals surface area (Å²) in [4.78, 5) is 4.32. The molecule has 0 spiro atoms. The van der Waals surface area contributed by atoms with Crippen LogP contribution in [0, 0.1) is 18.7 Å². The van der Waals surface area contributed by atoms with Crippen LogP contribution in [0.5, 0.6) is 0 Å². The molecule has 6 heteroatoms. The van der Waals surface area contributed by atoms with Crippen molar-refractivity contribution in [2.24, 2.45) is 5.92 Å². The maximum absolute atomic E-state index is 13.2. The second-order valence-electron chi connectivity index (χ2n) is 5.68. The Hall–Kier alpha value is -1.46. The van der Waals surface area contributed by atoms with Gasteiger partial charge in [-0.2, -0.15) is 4.98 Å². The van der Waals surface area contributed by atoms with Crippen LogP contribution in [-0.4, -0.2) is 23.2 Å². The van der Waals surface area contributed by atoms with Crippen LogP contribution in [-0.2, 0) is 6.42 Å². The first kappa shape index (κ1) is 16.9. The number of halogens is 2. The molecule has 1 unspecified atom stereocenters. The quantitative estimate of drug-likeness (QED) is 0.937. The number of nitrogens with zero attached hydrogens (tertiary/aromatic N) is 2. The second kappa shape index (κ2) is 7.70. The van der Waals surface area contributed by atoms with Gasteiger partial charge in [0.15, 0.2) is 5.82 Å². The molecular weight excluding hydrogens is 305 g/mol. The van der Waals surface area contributed by atoms with Crippen molar-refractivity contribution in [1.82, 2.24) is 15.5 Å². The van der Waals surface area contributed by atoms with E-state index in [4.69, 9.17) is 4.52 Å². The predicted octanol–water partition coefficient (Wildman–Crippen LogP) is 3.26. The van der Waals surface area contributed by atoms with Gasteiger partial charge in [0.2, 0.25) is 5.89 Å². The minimum Gasteiger partial charge on any atom is -0.339 e. The van der Waals surface area contributed by atoms with Crippen molar-refractivity contribution in [3.63, 3.8) is 0 Å². The maximum Gasteiger partial charge on any atom is 0.227 e. The topological polar surface area (TPSA) is 51.0 Å². The Bertz CT molecular complexity index is 581. The fraction of sp³-hybridized carbons (Fsp3) is 0.500. The van der Waals surface area contributed by atoms with E-state index in [1.807, 2.05) is 19.1 Å². The number of hydrogen-bond acceptors (Lipinski definition) is 4. The summed E-state index contributed by atoms with van der Waals surface area (Å²) in [5, 5.41) is 7.25. The van der Waals surface area contributed by atoms with Gasteiger partial charge in [0, 0.05) is 6.42 Å². The van der Waals surface area contributed by atoms with Crippen molar-refractivity contribution in [3.05, 3.63) is 47.4 Å². The van der Waals surface area contributed by atoms with Crippen LogP contribution in [0.3, 0.4) is 0 Å². The first-order valence-corrected chi connectivity index (χ1v) is 7.48. The number of aromatic nitrogens is 2. The van der Waals surface area contributed by atoms with E-state index < -0.39 is 0 Å². The van der Waals surface area contributed by atoms with E-state index in [1.165, 1.54) is 12.1 Å². The van der Waals surface area contributed by atoms with E-state index in [9.17, 15) is 4.39 Å². The van der Waals surface area contributed by atoms with E-state index in [0.29, 0.717) is 23.6 Å². The highest BCUT2D eigenvalue weighted by atomic mass is 35.5. The van der Waals surface area contributed by atoms with Crippen molar-refractivity contribution >= 4 is 12.4 Å². The van der Waals surface area contributed by atoms with Gasteiger partial charge in [0.1, 0.15) is 5.82 Å². The largest absolute Gasteiger partial charge is 0.339 e. The van der Waals surface area contributed by atoms with Crippen LogP contribution in [0.15, 0.2) is 28.8 Å². The Labute approximate surface area is 135 Å². The van der Waals surface area contributed by atoms with Gasteiger partial charge in [-0.05, 0) is 62.4 Å². The maximum atomic E-state index is 13.2. The summed E-state index contributed by atoms with van der Waals surface area (Å²) in [6.07, 6.45) is 2.96. The van der Waals surface area contributed by atoms with Crippen LogP contribution in [0.1, 0.15) is 36.0 Å². The number of aryl methyl sites for hydroxylation is 1. The zero-order chi connectivity index (χ0) is 14.7. The molecule has 3 rings (SSSR count). The molecule has 1 aliphatic rings. The SMILES string of the molecule is Cc1noc(CC(c2ccc(F)cc2)C2CCNCC2)n1.Cl. The summed E-state index contributed by atoms with van der Waals surface area (Å²) in [6.45, 7) is 3.89. The number of nitrogens with one attached hydrogen (secondary N) is 1. The molecule has 1 aromatic heterocycles. The fourth-order valence-corrected chi connectivity index (χ4v) is 3.12. The minimum absolute atomic E-state index is 0. The summed E-state index contributed by atoms with van der Waals surface area (Å²) in [5.41, 5.74) is 1.15. The van der Waals surface area contributed by atoms with E-state index >= 15 is 0 Å². The average Bonchev–Trinajstić information content (AvgIpc) is 2.92.